The molecule has 0 saturated carbocycles. The summed E-state index contributed by atoms with van der Waals surface area (Å²) in [6, 6.07) is 0. The summed E-state index contributed by atoms with van der Waals surface area (Å²) in [4.78, 5) is 4.85. The maximum Gasteiger partial charge on any atom is 0.0934 e. The monoisotopic (exact) mass is 282 g/mol. The van der Waals surface area contributed by atoms with E-state index in [1.807, 2.05) is 11.3 Å². The lowest BCUT2D eigenvalue weighted by molar-refractivity contribution is 0.277. The molecule has 0 saturated heterocycles. The quantitative estimate of drug-likeness (QED) is 0.802. The van der Waals surface area contributed by atoms with Gasteiger partial charge in [-0.15, -0.1) is 11.3 Å². The van der Waals surface area contributed by atoms with Crippen molar-refractivity contribution < 1.29 is 0 Å². The van der Waals surface area contributed by atoms with Gasteiger partial charge in [-0.05, 0) is 18.4 Å². The molecule has 1 atom stereocenters. The average Bonchev–Trinajstić information content (AvgIpc) is 2.75. The maximum atomic E-state index is 4.85. The molecule has 1 heterocycles. The second kappa shape index (κ2) is 6.85. The Hall–Kier alpha value is -0.410. The third-order valence-corrected chi connectivity index (χ3v) is 4.40. The largest absolute Gasteiger partial charge is 0.316 e. The number of nitrogens with zero attached hydrogens (tertiary/aromatic N) is 1. The van der Waals surface area contributed by atoms with Crippen LogP contribution in [-0.4, -0.2) is 18.1 Å². The molecular weight excluding hydrogens is 252 g/mol. The van der Waals surface area contributed by atoms with Crippen molar-refractivity contribution in [1.82, 2.24) is 10.3 Å². The Kier molecular flexibility index (Phi) is 6.00. The van der Waals surface area contributed by atoms with Gasteiger partial charge >= 0.3 is 0 Å². The topological polar surface area (TPSA) is 24.9 Å². The van der Waals surface area contributed by atoms with E-state index in [4.69, 9.17) is 4.98 Å². The van der Waals surface area contributed by atoms with E-state index in [0.29, 0.717) is 5.41 Å². The molecule has 0 aliphatic carbocycles. The maximum absolute atomic E-state index is 4.85. The van der Waals surface area contributed by atoms with Crippen LogP contribution in [0.25, 0.3) is 0 Å². The first-order chi connectivity index (χ1) is 8.80. The molecule has 1 unspecified atom stereocenters. The SMILES string of the molecule is CCCC(C)(CNCC)Cc1nc(C(C)(C)C)cs1. The van der Waals surface area contributed by atoms with Gasteiger partial charge in [0.2, 0.25) is 0 Å². The van der Waals surface area contributed by atoms with Crippen molar-refractivity contribution in [3.8, 4) is 0 Å². The van der Waals surface area contributed by atoms with Crippen molar-refractivity contribution in [2.45, 2.75) is 66.2 Å². The molecule has 0 amide bonds. The van der Waals surface area contributed by atoms with Crippen LogP contribution in [0.2, 0.25) is 0 Å². The van der Waals surface area contributed by atoms with Crippen molar-refractivity contribution in [3.63, 3.8) is 0 Å². The van der Waals surface area contributed by atoms with Gasteiger partial charge in [-0.3, -0.25) is 0 Å². The molecule has 1 rings (SSSR count). The zero-order valence-electron chi connectivity index (χ0n) is 13.5. The molecule has 0 fully saturated rings. The number of rotatable bonds is 7. The molecule has 19 heavy (non-hydrogen) atoms. The summed E-state index contributed by atoms with van der Waals surface area (Å²) in [6.07, 6.45) is 3.58. The predicted molar refractivity (Wildman–Crippen MR) is 86.1 cm³/mol. The minimum Gasteiger partial charge on any atom is -0.316 e. The molecule has 1 aromatic heterocycles. The van der Waals surface area contributed by atoms with Gasteiger partial charge in [0.15, 0.2) is 0 Å². The number of hydrogen-bond donors (Lipinski definition) is 1. The van der Waals surface area contributed by atoms with Gasteiger partial charge in [-0.2, -0.15) is 0 Å². The minimum absolute atomic E-state index is 0.164. The smallest absolute Gasteiger partial charge is 0.0934 e. The number of aromatic nitrogens is 1. The number of nitrogens with one attached hydrogen (secondary N) is 1. The van der Waals surface area contributed by atoms with Gasteiger partial charge in [0, 0.05) is 23.8 Å². The van der Waals surface area contributed by atoms with E-state index < -0.39 is 0 Å². The molecule has 1 N–H and O–H groups in total. The highest BCUT2D eigenvalue weighted by molar-refractivity contribution is 7.09. The normalized spacial score (nSPS) is 15.5. The van der Waals surface area contributed by atoms with Gasteiger partial charge in [0.05, 0.1) is 10.7 Å². The van der Waals surface area contributed by atoms with Crippen molar-refractivity contribution in [3.05, 3.63) is 16.1 Å². The molecule has 0 aliphatic heterocycles. The number of thiazole rings is 1. The van der Waals surface area contributed by atoms with E-state index in [1.165, 1.54) is 23.5 Å². The summed E-state index contributed by atoms with van der Waals surface area (Å²) in [6.45, 7) is 15.7. The standard InChI is InChI=1S/C16H30N2S/c1-7-9-16(6,12-17-8-2)10-14-18-13(11-19-14)15(3,4)5/h11,17H,7-10,12H2,1-6H3. The first-order valence-electron chi connectivity index (χ1n) is 7.46. The van der Waals surface area contributed by atoms with Crippen molar-refractivity contribution in [2.24, 2.45) is 5.41 Å². The molecule has 0 radical (unpaired) electrons. The summed E-state index contributed by atoms with van der Waals surface area (Å²) >= 11 is 1.82. The first-order valence-corrected chi connectivity index (χ1v) is 8.34. The molecule has 0 spiro atoms. The van der Waals surface area contributed by atoms with Crippen LogP contribution < -0.4 is 5.32 Å². The highest BCUT2D eigenvalue weighted by Gasteiger charge is 2.26. The zero-order chi connectivity index (χ0) is 14.5. The van der Waals surface area contributed by atoms with Crippen LogP contribution in [0.3, 0.4) is 0 Å². The van der Waals surface area contributed by atoms with Crippen LogP contribution in [0.1, 0.15) is 65.1 Å². The minimum atomic E-state index is 0.164. The fourth-order valence-electron chi connectivity index (χ4n) is 2.37. The molecule has 0 aromatic carbocycles. The predicted octanol–water partition coefficient (Wildman–Crippen LogP) is 4.40. The van der Waals surface area contributed by atoms with E-state index in [9.17, 15) is 0 Å². The van der Waals surface area contributed by atoms with Crippen LogP contribution in [0.5, 0.6) is 0 Å². The third kappa shape index (κ3) is 5.23. The fourth-order valence-corrected chi connectivity index (χ4v) is 3.61. The molecule has 0 aliphatic rings. The second-order valence-electron chi connectivity index (χ2n) is 6.89. The van der Waals surface area contributed by atoms with Crippen molar-refractivity contribution in [1.29, 1.82) is 0 Å². The molecular formula is C16H30N2S. The Bertz CT molecular complexity index is 378. The fraction of sp³-hybridized carbons (Fsp3) is 0.812. The van der Waals surface area contributed by atoms with Crippen LogP contribution in [0.15, 0.2) is 5.38 Å². The van der Waals surface area contributed by atoms with Gasteiger partial charge in [0.25, 0.3) is 0 Å². The molecule has 0 bridgehead atoms. The highest BCUT2D eigenvalue weighted by Crippen LogP contribution is 2.31. The van der Waals surface area contributed by atoms with Crippen LogP contribution >= 0.6 is 11.3 Å². The Balaban J connectivity index is 2.76. The lowest BCUT2D eigenvalue weighted by Crippen LogP contribution is -2.33. The van der Waals surface area contributed by atoms with E-state index >= 15 is 0 Å². The number of hydrogen-bond acceptors (Lipinski definition) is 3. The summed E-state index contributed by atoms with van der Waals surface area (Å²) in [5.41, 5.74) is 1.73. The highest BCUT2D eigenvalue weighted by atomic mass is 32.1. The second-order valence-corrected chi connectivity index (χ2v) is 7.84. The zero-order valence-corrected chi connectivity index (χ0v) is 14.3. The Morgan fingerprint density at radius 1 is 1.21 bits per heavy atom. The Morgan fingerprint density at radius 2 is 1.89 bits per heavy atom. The summed E-state index contributed by atoms with van der Waals surface area (Å²) in [5, 5.41) is 7.03. The summed E-state index contributed by atoms with van der Waals surface area (Å²) < 4.78 is 0. The molecule has 2 nitrogen and oxygen atoms in total. The lowest BCUT2D eigenvalue weighted by Gasteiger charge is -2.28. The Morgan fingerprint density at radius 3 is 2.37 bits per heavy atom. The third-order valence-electron chi connectivity index (χ3n) is 3.55. The summed E-state index contributed by atoms with van der Waals surface area (Å²) in [5.74, 6) is 0. The van der Waals surface area contributed by atoms with E-state index in [2.05, 4.69) is 52.2 Å². The molecule has 110 valence electrons. The van der Waals surface area contributed by atoms with Gasteiger partial charge < -0.3 is 5.32 Å². The van der Waals surface area contributed by atoms with Gasteiger partial charge in [0.1, 0.15) is 0 Å². The Labute approximate surface area is 123 Å². The molecule has 3 heteroatoms. The van der Waals surface area contributed by atoms with Crippen LogP contribution in [-0.2, 0) is 11.8 Å². The average molecular weight is 282 g/mol. The van der Waals surface area contributed by atoms with Crippen molar-refractivity contribution >= 4 is 11.3 Å². The van der Waals surface area contributed by atoms with E-state index in [-0.39, 0.29) is 5.41 Å². The van der Waals surface area contributed by atoms with E-state index in [0.717, 1.165) is 19.5 Å². The first kappa shape index (κ1) is 16.6. The van der Waals surface area contributed by atoms with Crippen molar-refractivity contribution in [2.75, 3.05) is 13.1 Å². The van der Waals surface area contributed by atoms with Gasteiger partial charge in [-0.25, -0.2) is 4.98 Å². The molecule has 1 aromatic rings. The van der Waals surface area contributed by atoms with Gasteiger partial charge in [-0.1, -0.05) is 48.0 Å². The van der Waals surface area contributed by atoms with E-state index in [1.54, 1.807) is 0 Å². The van der Waals surface area contributed by atoms with Crippen LogP contribution in [0, 0.1) is 5.41 Å². The van der Waals surface area contributed by atoms with Crippen LogP contribution in [0.4, 0.5) is 0 Å². The lowest BCUT2D eigenvalue weighted by atomic mass is 9.82. The summed E-state index contributed by atoms with van der Waals surface area (Å²) in [7, 11) is 0.